The van der Waals surface area contributed by atoms with Crippen LogP contribution in [0, 0.1) is 25.8 Å². The third-order valence-corrected chi connectivity index (χ3v) is 5.06. The topological polar surface area (TPSA) is 38.4 Å². The predicted molar refractivity (Wildman–Crippen MR) is 140 cm³/mol. The van der Waals surface area contributed by atoms with Crippen LogP contribution in [0.1, 0.15) is 54.2 Å². The molecule has 3 nitrogen and oxygen atoms in total. The minimum atomic E-state index is -2.51. The Hall–Kier alpha value is -3.33. The van der Waals surface area contributed by atoms with E-state index in [0.717, 1.165) is 22.6 Å². The third kappa shape index (κ3) is 5.50. The molecule has 0 fully saturated rings. The van der Waals surface area contributed by atoms with Crippen LogP contribution in [0.3, 0.4) is 0 Å². The Balaban J connectivity index is 0.000000214. The molecule has 3 heterocycles. The summed E-state index contributed by atoms with van der Waals surface area (Å²) in [6.07, 6.45) is -0.0716. The van der Waals surface area contributed by atoms with Gasteiger partial charge in [-0.2, -0.15) is 0 Å². The molecule has 0 amide bonds. The van der Waals surface area contributed by atoms with Gasteiger partial charge in [-0.3, -0.25) is 0 Å². The SMILES string of the molecule is [2H]C1C(C([2H])([2H])[2H])=CN=C(c2[c-]ccc3c2oc2ccccc23)C1[2H].[2H]c1c(C([2H])([2H])[2H])cnc(-c2[c-]cc(C([2H])([2H])[2H])cc2)c1[2H].[Ir]. The van der Waals surface area contributed by atoms with Gasteiger partial charge in [-0.1, -0.05) is 53.7 Å². The molecule has 2 unspecified atom stereocenters. The zero-order valence-electron chi connectivity index (χ0n) is 31.1. The first-order valence-corrected chi connectivity index (χ1v) is 10.3. The van der Waals surface area contributed by atoms with Crippen molar-refractivity contribution in [2.75, 3.05) is 0 Å². The normalized spacial score (nSPS) is 23.6. The van der Waals surface area contributed by atoms with Gasteiger partial charge in [0.15, 0.2) is 0 Å². The molecule has 0 spiro atoms. The summed E-state index contributed by atoms with van der Waals surface area (Å²) in [5, 5.41) is 1.83. The monoisotopic (exact) mass is 648 g/mol. The fraction of sp³-hybridized carbons (Fsp3) is 0.161. The molecule has 0 bridgehead atoms. The molecular formula is C31H26IrN2O-2. The van der Waals surface area contributed by atoms with E-state index in [9.17, 15) is 0 Å². The maximum Gasteiger partial charge on any atom is 0.120 e. The van der Waals surface area contributed by atoms with Gasteiger partial charge in [-0.05, 0) is 49.5 Å². The number of allylic oxidation sites excluding steroid dienone is 1. The van der Waals surface area contributed by atoms with Gasteiger partial charge in [0, 0.05) is 53.0 Å². The Bertz CT molecular complexity index is 2010. The van der Waals surface area contributed by atoms with E-state index in [1.165, 1.54) is 24.4 Å². The second-order valence-electron chi connectivity index (χ2n) is 7.39. The zero-order valence-corrected chi connectivity index (χ0v) is 20.5. The predicted octanol–water partition coefficient (Wildman–Crippen LogP) is 8.04. The van der Waals surface area contributed by atoms with Crippen molar-refractivity contribution >= 4 is 27.7 Å². The number of aryl methyl sites for hydroxylation is 2. The fourth-order valence-electron chi connectivity index (χ4n) is 3.45. The van der Waals surface area contributed by atoms with E-state index in [1.807, 2.05) is 30.3 Å². The molecule has 35 heavy (non-hydrogen) atoms. The second-order valence-corrected chi connectivity index (χ2v) is 7.39. The van der Waals surface area contributed by atoms with E-state index in [1.54, 1.807) is 6.07 Å². The maximum absolute atomic E-state index is 8.32. The summed E-state index contributed by atoms with van der Waals surface area (Å²) < 4.78 is 104. The minimum absolute atomic E-state index is 0. The van der Waals surface area contributed by atoms with E-state index in [2.05, 4.69) is 22.1 Å². The van der Waals surface area contributed by atoms with Crippen LogP contribution < -0.4 is 0 Å². The van der Waals surface area contributed by atoms with Gasteiger partial charge in [0.05, 0.1) is 8.32 Å². The number of nitrogens with zero attached hydrogens (tertiary/aromatic N) is 2. The first-order chi connectivity index (χ1) is 21.9. The van der Waals surface area contributed by atoms with Crippen molar-refractivity contribution < 1.29 is 42.3 Å². The van der Waals surface area contributed by atoms with Gasteiger partial charge in [-0.25, -0.2) is 0 Å². The molecule has 2 atom stereocenters. The van der Waals surface area contributed by atoms with Crippen LogP contribution in [-0.4, -0.2) is 10.7 Å². The summed E-state index contributed by atoms with van der Waals surface area (Å²) in [6.45, 7) is -7.18. The molecule has 177 valence electrons. The van der Waals surface area contributed by atoms with E-state index in [4.69, 9.17) is 22.2 Å². The number of benzene rings is 3. The Morgan fingerprint density at radius 1 is 0.971 bits per heavy atom. The molecule has 2 aromatic heterocycles. The summed E-state index contributed by atoms with van der Waals surface area (Å²) in [4.78, 5) is 8.12. The van der Waals surface area contributed by atoms with Gasteiger partial charge in [0.1, 0.15) is 5.58 Å². The summed E-state index contributed by atoms with van der Waals surface area (Å²) in [7, 11) is 0. The van der Waals surface area contributed by atoms with Crippen LogP contribution >= 0.6 is 0 Å². The first kappa shape index (κ1) is 13.1. The third-order valence-electron chi connectivity index (χ3n) is 5.06. The van der Waals surface area contributed by atoms with Crippen molar-refractivity contribution in [1.29, 1.82) is 0 Å². The van der Waals surface area contributed by atoms with Crippen molar-refractivity contribution in [3.8, 4) is 11.3 Å². The van der Waals surface area contributed by atoms with Gasteiger partial charge in [-0.15, -0.1) is 53.6 Å². The van der Waals surface area contributed by atoms with Gasteiger partial charge in [0.2, 0.25) is 0 Å². The largest absolute Gasteiger partial charge is 0.501 e. The van der Waals surface area contributed by atoms with Crippen molar-refractivity contribution in [2.24, 2.45) is 4.99 Å². The van der Waals surface area contributed by atoms with E-state index in [-0.39, 0.29) is 48.5 Å². The summed E-state index contributed by atoms with van der Waals surface area (Å²) in [5.41, 5.74) is 2.21. The van der Waals surface area contributed by atoms with E-state index in [0.29, 0.717) is 22.4 Å². The number of para-hydroxylation sites is 1. The summed E-state index contributed by atoms with van der Waals surface area (Å²) in [6, 6.07) is 20.4. The molecule has 5 aromatic rings. The first-order valence-electron chi connectivity index (χ1n) is 17.0. The van der Waals surface area contributed by atoms with Crippen LogP contribution in [0.15, 0.2) is 94.1 Å². The number of aliphatic imine (C=N–C) groups is 1. The van der Waals surface area contributed by atoms with Crippen molar-refractivity contribution in [3.05, 3.63) is 113 Å². The van der Waals surface area contributed by atoms with Crippen LogP contribution in [0.4, 0.5) is 0 Å². The molecule has 4 heteroatoms. The van der Waals surface area contributed by atoms with Crippen LogP contribution in [0.2, 0.25) is 0 Å². The maximum atomic E-state index is 8.32. The standard InChI is InChI=1S/C18H14NO.C13H12N.Ir/c1-12-9-10-16(19-11-12)15-7-4-6-14-13-5-2-3-8-17(13)20-18(14)15;1-10-3-6-12(7-4-10)13-8-5-11(2)9-14-13;/h2-6,8,11H,9-10H2,1H3;3-6,8-9H,1-2H3;/q2*-1;/i1D3,9D,10D;1D3,2D3,5D,8D;. The quantitative estimate of drug-likeness (QED) is 0.182. The minimum Gasteiger partial charge on any atom is -0.501 e. The Kier molecular flexibility index (Phi) is 4.10. The number of furan rings is 1. The molecule has 1 aliphatic rings. The van der Waals surface area contributed by atoms with E-state index >= 15 is 0 Å². The van der Waals surface area contributed by atoms with Crippen molar-refractivity contribution in [2.45, 2.75) is 33.3 Å². The average molecular weight is 648 g/mol. The summed E-state index contributed by atoms with van der Waals surface area (Å²) in [5.74, 6) is 0. The smallest absolute Gasteiger partial charge is 0.120 e. The van der Waals surface area contributed by atoms with Crippen molar-refractivity contribution in [3.63, 3.8) is 0 Å². The summed E-state index contributed by atoms with van der Waals surface area (Å²) >= 11 is 0. The fourth-order valence-corrected chi connectivity index (χ4v) is 3.45. The zero-order chi connectivity index (χ0) is 34.5. The molecule has 0 saturated heterocycles. The molecule has 0 N–H and O–H groups in total. The molecule has 3 aromatic carbocycles. The number of hydrogen-bond acceptors (Lipinski definition) is 3. The van der Waals surface area contributed by atoms with Crippen molar-refractivity contribution in [1.82, 2.24) is 4.98 Å². The molecule has 1 aliphatic heterocycles. The number of hydrogen-bond donors (Lipinski definition) is 0. The molecular weight excluding hydrogens is 609 g/mol. The van der Waals surface area contributed by atoms with Crippen LogP contribution in [-0.2, 0) is 20.1 Å². The Morgan fingerprint density at radius 3 is 2.71 bits per heavy atom. The van der Waals surface area contributed by atoms with Gasteiger partial charge >= 0.3 is 0 Å². The van der Waals surface area contributed by atoms with Crippen LogP contribution in [0.5, 0.6) is 0 Å². The number of rotatable bonds is 2. The number of pyridine rings is 1. The second kappa shape index (κ2) is 10.9. The average Bonchev–Trinajstić information content (AvgIpc) is 3.38. The molecule has 1 radical (unpaired) electrons. The molecule has 0 saturated carbocycles. The molecule has 0 aliphatic carbocycles. The Labute approximate surface area is 238 Å². The number of aromatic nitrogens is 1. The van der Waals surface area contributed by atoms with E-state index < -0.39 is 39.4 Å². The van der Waals surface area contributed by atoms with Crippen LogP contribution in [0.25, 0.3) is 33.2 Å². The van der Waals surface area contributed by atoms with Gasteiger partial charge in [0.25, 0.3) is 0 Å². The molecule has 6 rings (SSSR count). The van der Waals surface area contributed by atoms with Gasteiger partial charge < -0.3 is 14.4 Å². The Morgan fingerprint density at radius 2 is 1.89 bits per heavy atom. The number of fused-ring (bicyclic) bond motifs is 3.